The molecule has 1 N–H and O–H groups in total. The van der Waals surface area contributed by atoms with Crippen LogP contribution in [0.25, 0.3) is 0 Å². The molecule has 2 radical (unpaired) electrons. The van der Waals surface area contributed by atoms with Crippen molar-refractivity contribution >= 4 is 33.2 Å². The van der Waals surface area contributed by atoms with E-state index in [0.29, 0.717) is 0 Å². The minimum absolute atomic E-state index is 0. The van der Waals surface area contributed by atoms with Crippen molar-refractivity contribution in [2.45, 2.75) is 11.8 Å². The summed E-state index contributed by atoms with van der Waals surface area (Å²) >= 11 is 0. The molecule has 0 aromatic heterocycles. The highest BCUT2D eigenvalue weighted by Crippen LogP contribution is 2.08. The minimum Gasteiger partial charge on any atom is -0.282 e. The van der Waals surface area contributed by atoms with E-state index in [1.807, 2.05) is 6.92 Å². The first-order valence-corrected chi connectivity index (χ1v) is 4.48. The zero-order valence-corrected chi connectivity index (χ0v) is 8.92. The van der Waals surface area contributed by atoms with Crippen molar-refractivity contribution in [2.24, 2.45) is 0 Å². The van der Waals surface area contributed by atoms with Crippen molar-refractivity contribution in [3.63, 3.8) is 0 Å². The summed E-state index contributed by atoms with van der Waals surface area (Å²) in [4.78, 5) is -0.0666. The van der Waals surface area contributed by atoms with Gasteiger partial charge in [-0.15, -0.1) is 0 Å². The van der Waals surface area contributed by atoms with E-state index in [2.05, 4.69) is 0 Å². The lowest BCUT2D eigenvalue weighted by Gasteiger charge is -1.95. The molecule has 0 spiro atoms. The first-order valence-electron chi connectivity index (χ1n) is 3.04. The van der Waals surface area contributed by atoms with Crippen LogP contribution >= 0.6 is 0 Å². The van der Waals surface area contributed by atoms with Crippen molar-refractivity contribution in [3.8, 4) is 0 Å². The van der Waals surface area contributed by atoms with Gasteiger partial charge in [0, 0.05) is 23.1 Å². The molecule has 0 heterocycles. The molecule has 0 unspecified atom stereocenters. The van der Waals surface area contributed by atoms with Gasteiger partial charge in [0.2, 0.25) is 0 Å². The Labute approximate surface area is 87.7 Å². The molecule has 0 aliphatic heterocycles. The third kappa shape index (κ3) is 3.10. The second kappa shape index (κ2) is 4.22. The van der Waals surface area contributed by atoms with Crippen molar-refractivity contribution in [1.29, 1.82) is 0 Å². The number of benzene rings is 1. The minimum atomic E-state index is -4.02. The van der Waals surface area contributed by atoms with Crippen LogP contribution in [0.4, 0.5) is 0 Å². The molecule has 0 fully saturated rings. The van der Waals surface area contributed by atoms with E-state index in [0.717, 1.165) is 5.56 Å². The molecule has 62 valence electrons. The second-order valence-electron chi connectivity index (χ2n) is 2.29. The Bertz CT molecular complexity index is 341. The van der Waals surface area contributed by atoms with Crippen molar-refractivity contribution in [3.05, 3.63) is 29.8 Å². The Hall–Kier alpha value is -0.104. The van der Waals surface area contributed by atoms with E-state index < -0.39 is 10.1 Å². The average molecular weight is 197 g/mol. The molecule has 0 aliphatic rings. The summed E-state index contributed by atoms with van der Waals surface area (Å²) in [7, 11) is -4.02. The topological polar surface area (TPSA) is 54.4 Å². The van der Waals surface area contributed by atoms with Crippen molar-refractivity contribution in [1.82, 2.24) is 0 Å². The van der Waals surface area contributed by atoms with Crippen LogP contribution in [0.1, 0.15) is 5.56 Å². The largest absolute Gasteiger partial charge is 0.294 e. The molecule has 1 rings (SSSR count). The van der Waals surface area contributed by atoms with Crippen molar-refractivity contribution < 1.29 is 13.0 Å². The molecule has 0 aliphatic carbocycles. The van der Waals surface area contributed by atoms with Gasteiger partial charge in [-0.25, -0.2) is 0 Å². The quantitative estimate of drug-likeness (QED) is 0.535. The van der Waals surface area contributed by atoms with Crippen LogP contribution < -0.4 is 0 Å². The summed E-state index contributed by atoms with van der Waals surface area (Å²) in [5.74, 6) is 0. The van der Waals surface area contributed by atoms with Gasteiger partial charge in [-0.1, -0.05) is 17.7 Å². The van der Waals surface area contributed by atoms with Gasteiger partial charge in [0.1, 0.15) is 0 Å². The molecule has 0 atom stereocenters. The molecule has 12 heavy (non-hydrogen) atoms. The molecule has 1 aromatic carbocycles. The van der Waals surface area contributed by atoms with Gasteiger partial charge in [0.15, 0.2) is 0 Å². The van der Waals surface area contributed by atoms with Crippen LogP contribution in [0.2, 0.25) is 0 Å². The summed E-state index contributed by atoms with van der Waals surface area (Å²) in [6.07, 6.45) is 0. The molecule has 3 nitrogen and oxygen atoms in total. The second-order valence-corrected chi connectivity index (χ2v) is 3.71. The standard InChI is InChI=1S/C7H8O3S.Mg/c1-6-2-4-7(5-3-6)11(8,9)10;/h2-5H,1H3,(H,8,9,10);. The summed E-state index contributed by atoms with van der Waals surface area (Å²) in [5, 5.41) is 0. The third-order valence-electron chi connectivity index (χ3n) is 1.32. The SMILES string of the molecule is Cc1ccc(S(=O)(=O)O)cc1.[Mg]. The Morgan fingerprint density at radius 3 is 1.92 bits per heavy atom. The zero-order chi connectivity index (χ0) is 8.48. The molecule has 5 heteroatoms. The van der Waals surface area contributed by atoms with Crippen LogP contribution in [0.3, 0.4) is 0 Å². The predicted octanol–water partition coefficient (Wildman–Crippen LogP) is 0.861. The van der Waals surface area contributed by atoms with Gasteiger partial charge < -0.3 is 0 Å². The first kappa shape index (κ1) is 11.9. The predicted molar refractivity (Wildman–Crippen MR) is 46.7 cm³/mol. The molecule has 0 saturated heterocycles. The fraction of sp³-hybridized carbons (Fsp3) is 0.143. The fourth-order valence-electron chi connectivity index (χ4n) is 0.710. The first-order chi connectivity index (χ1) is 5.00. The van der Waals surface area contributed by atoms with Crippen LogP contribution in [0.15, 0.2) is 29.2 Å². The summed E-state index contributed by atoms with van der Waals surface area (Å²) in [6.45, 7) is 1.84. The molecule has 0 saturated carbocycles. The summed E-state index contributed by atoms with van der Waals surface area (Å²) < 4.78 is 29.6. The van der Waals surface area contributed by atoms with Crippen LogP contribution in [-0.2, 0) is 10.1 Å². The van der Waals surface area contributed by atoms with Crippen molar-refractivity contribution in [2.75, 3.05) is 0 Å². The van der Waals surface area contributed by atoms with E-state index in [1.54, 1.807) is 12.1 Å². The maximum absolute atomic E-state index is 10.5. The Balaban J connectivity index is 0.00000121. The van der Waals surface area contributed by atoms with Gasteiger partial charge in [0.05, 0.1) is 4.90 Å². The fourth-order valence-corrected chi connectivity index (χ4v) is 1.19. The Morgan fingerprint density at radius 1 is 1.17 bits per heavy atom. The number of hydrogen-bond donors (Lipinski definition) is 1. The van der Waals surface area contributed by atoms with E-state index in [1.165, 1.54) is 12.1 Å². The van der Waals surface area contributed by atoms with Gasteiger partial charge >= 0.3 is 0 Å². The normalized spacial score (nSPS) is 10.5. The Kier molecular flexibility index (Phi) is 4.19. The smallest absolute Gasteiger partial charge is 0.282 e. The highest BCUT2D eigenvalue weighted by Gasteiger charge is 2.06. The monoisotopic (exact) mass is 196 g/mol. The highest BCUT2D eigenvalue weighted by atomic mass is 32.2. The van der Waals surface area contributed by atoms with Gasteiger partial charge in [-0.3, -0.25) is 4.55 Å². The van der Waals surface area contributed by atoms with Crippen LogP contribution in [0, 0.1) is 6.92 Å². The van der Waals surface area contributed by atoms with E-state index >= 15 is 0 Å². The zero-order valence-electron chi connectivity index (χ0n) is 6.69. The maximum atomic E-state index is 10.5. The molecular weight excluding hydrogens is 188 g/mol. The average Bonchev–Trinajstić information content (AvgIpc) is 1.86. The van der Waals surface area contributed by atoms with Gasteiger partial charge in [-0.2, -0.15) is 8.42 Å². The number of rotatable bonds is 1. The number of aryl methyl sites for hydroxylation is 1. The van der Waals surface area contributed by atoms with Gasteiger partial charge in [0.25, 0.3) is 10.1 Å². The van der Waals surface area contributed by atoms with E-state index in [9.17, 15) is 8.42 Å². The lowest BCUT2D eigenvalue weighted by atomic mass is 10.2. The van der Waals surface area contributed by atoms with Crippen LogP contribution in [0.5, 0.6) is 0 Å². The van der Waals surface area contributed by atoms with E-state index in [4.69, 9.17) is 4.55 Å². The lowest BCUT2D eigenvalue weighted by Crippen LogP contribution is -1.96. The maximum Gasteiger partial charge on any atom is 0.294 e. The molecular formula is C7H8MgO3S. The molecule has 1 aromatic rings. The Morgan fingerprint density at radius 2 is 1.58 bits per heavy atom. The molecule has 0 bridgehead atoms. The lowest BCUT2D eigenvalue weighted by molar-refractivity contribution is 0.483. The summed E-state index contributed by atoms with van der Waals surface area (Å²) in [6, 6.07) is 5.99. The van der Waals surface area contributed by atoms with Crippen LogP contribution in [-0.4, -0.2) is 36.0 Å². The summed E-state index contributed by atoms with van der Waals surface area (Å²) in [5.41, 5.74) is 0.956. The van der Waals surface area contributed by atoms with Gasteiger partial charge in [-0.05, 0) is 19.1 Å². The number of hydrogen-bond acceptors (Lipinski definition) is 2. The third-order valence-corrected chi connectivity index (χ3v) is 2.19. The molecule has 0 amide bonds. The van der Waals surface area contributed by atoms with E-state index in [-0.39, 0.29) is 27.9 Å². The highest BCUT2D eigenvalue weighted by molar-refractivity contribution is 7.85.